The van der Waals surface area contributed by atoms with Crippen LogP contribution in [0.3, 0.4) is 0 Å². The lowest BCUT2D eigenvalue weighted by Gasteiger charge is -2.50. The van der Waals surface area contributed by atoms with Gasteiger partial charge in [0, 0.05) is 5.04 Å². The van der Waals surface area contributed by atoms with Gasteiger partial charge >= 0.3 is 0 Å². The number of rotatable bonds is 15. The zero-order valence-electron chi connectivity index (χ0n) is 22.6. The van der Waals surface area contributed by atoms with Gasteiger partial charge in [-0.3, -0.25) is 0 Å². The monoisotopic (exact) mass is 514 g/mol. The van der Waals surface area contributed by atoms with E-state index in [0.717, 1.165) is 24.0 Å². The van der Waals surface area contributed by atoms with Crippen molar-refractivity contribution in [3.63, 3.8) is 0 Å². The fourth-order valence-corrected chi connectivity index (χ4v) is 9.19. The van der Waals surface area contributed by atoms with Crippen LogP contribution in [0.25, 0.3) is 0 Å². The number of aliphatic hydroxyl groups is 1. The third-order valence-electron chi connectivity index (χ3n) is 7.65. The summed E-state index contributed by atoms with van der Waals surface area (Å²) in [6.07, 6.45) is 3.52. The van der Waals surface area contributed by atoms with Crippen molar-refractivity contribution >= 4 is 13.3 Å². The van der Waals surface area contributed by atoms with Gasteiger partial charge in [-0.1, -0.05) is 135 Å². The normalized spacial score (nSPS) is 15.8. The van der Waals surface area contributed by atoms with Crippen LogP contribution in [0.5, 0.6) is 0 Å². The minimum absolute atomic E-state index is 0.369. The molecule has 4 atom stereocenters. The smallest absolute Gasteiger partial charge is 0.114 e. The Kier molecular flexibility index (Phi) is 10.7. The van der Waals surface area contributed by atoms with Crippen LogP contribution in [0.4, 0.5) is 0 Å². The van der Waals surface area contributed by atoms with E-state index in [1.54, 1.807) is 6.08 Å². The summed E-state index contributed by atoms with van der Waals surface area (Å²) in [5.74, 6) is 0. The van der Waals surface area contributed by atoms with Gasteiger partial charge in [0.15, 0.2) is 0 Å². The summed E-state index contributed by atoms with van der Waals surface area (Å²) < 4.78 is 12.9. The largest absolute Gasteiger partial charge is 0.390 e. The SMILES string of the molecule is C=C[C@@H](OCc1ccccc1)[C@@H](OCc1ccccc1)[C@@H](O)[C@@](C=C)(CCC)[Si](C)(C)c1ccccc1. The molecule has 3 rings (SSSR count). The van der Waals surface area contributed by atoms with Crippen molar-refractivity contribution in [1.82, 2.24) is 0 Å². The molecule has 0 saturated heterocycles. The Morgan fingerprint density at radius 1 is 0.811 bits per heavy atom. The fourth-order valence-electron chi connectivity index (χ4n) is 5.33. The Balaban J connectivity index is 2.00. The van der Waals surface area contributed by atoms with E-state index in [-0.39, 0.29) is 0 Å². The minimum Gasteiger partial charge on any atom is -0.390 e. The molecule has 0 amide bonds. The van der Waals surface area contributed by atoms with Crippen LogP contribution in [-0.4, -0.2) is 31.5 Å². The first-order valence-electron chi connectivity index (χ1n) is 13.2. The molecule has 0 aliphatic carbocycles. The average Bonchev–Trinajstić information content (AvgIpc) is 2.94. The Hall–Kier alpha value is -2.76. The molecule has 0 bridgehead atoms. The standard InChI is InChI=1S/C33H42O3Si/c1-6-24-33(8-3,37(4,5)29-22-16-11-17-23-29)32(34)31(36-26-28-20-14-10-15-21-28)30(7-2)35-25-27-18-12-9-13-19-27/h7-23,30-32,34H,2-3,6,24-26H2,1,4-5H3/t30-,31-,32-,33-/m1/s1. The summed E-state index contributed by atoms with van der Waals surface area (Å²) in [6.45, 7) is 16.0. The highest BCUT2D eigenvalue weighted by molar-refractivity contribution is 6.92. The highest BCUT2D eigenvalue weighted by Crippen LogP contribution is 2.49. The summed E-state index contributed by atoms with van der Waals surface area (Å²) in [7, 11) is -2.30. The molecule has 0 aliphatic heterocycles. The molecule has 1 N–H and O–H groups in total. The summed E-state index contributed by atoms with van der Waals surface area (Å²) in [5, 5.41) is 13.1. The first kappa shape index (κ1) is 28.8. The van der Waals surface area contributed by atoms with Crippen LogP contribution in [0.15, 0.2) is 116 Å². The van der Waals surface area contributed by atoms with Crippen LogP contribution in [0, 0.1) is 0 Å². The van der Waals surface area contributed by atoms with Gasteiger partial charge < -0.3 is 14.6 Å². The lowest BCUT2D eigenvalue weighted by molar-refractivity contribution is -0.124. The van der Waals surface area contributed by atoms with Crippen LogP contribution < -0.4 is 5.19 Å². The van der Waals surface area contributed by atoms with Crippen LogP contribution in [-0.2, 0) is 22.7 Å². The van der Waals surface area contributed by atoms with Crippen molar-refractivity contribution in [3.8, 4) is 0 Å². The number of aliphatic hydroxyl groups excluding tert-OH is 1. The van der Waals surface area contributed by atoms with E-state index in [9.17, 15) is 5.11 Å². The predicted molar refractivity (Wildman–Crippen MR) is 158 cm³/mol. The second-order valence-corrected chi connectivity index (χ2v) is 14.9. The van der Waals surface area contributed by atoms with E-state index < -0.39 is 31.4 Å². The second-order valence-electron chi connectivity index (χ2n) is 10.2. The fraction of sp³-hybridized carbons (Fsp3) is 0.333. The van der Waals surface area contributed by atoms with Gasteiger partial charge in [0.25, 0.3) is 0 Å². The molecule has 3 nitrogen and oxygen atoms in total. The van der Waals surface area contributed by atoms with E-state index >= 15 is 0 Å². The maximum atomic E-state index is 12.3. The maximum Gasteiger partial charge on any atom is 0.114 e. The van der Waals surface area contributed by atoms with E-state index in [4.69, 9.17) is 9.47 Å². The van der Waals surface area contributed by atoms with Gasteiger partial charge in [0.05, 0.1) is 27.4 Å². The molecule has 37 heavy (non-hydrogen) atoms. The molecule has 0 radical (unpaired) electrons. The molecule has 196 valence electrons. The first-order valence-corrected chi connectivity index (χ1v) is 16.2. The molecule has 4 heteroatoms. The summed E-state index contributed by atoms with van der Waals surface area (Å²) >= 11 is 0. The molecular formula is C33H42O3Si. The maximum absolute atomic E-state index is 12.3. The van der Waals surface area contributed by atoms with E-state index in [1.165, 1.54) is 5.19 Å². The van der Waals surface area contributed by atoms with E-state index in [0.29, 0.717) is 13.2 Å². The zero-order chi connectivity index (χ0) is 26.7. The van der Waals surface area contributed by atoms with Gasteiger partial charge in [0.2, 0.25) is 0 Å². The Labute approximate surface area is 224 Å². The molecule has 0 unspecified atom stereocenters. The highest BCUT2D eigenvalue weighted by Gasteiger charge is 2.53. The first-order chi connectivity index (χ1) is 17.9. The van der Waals surface area contributed by atoms with Crippen molar-refractivity contribution in [2.45, 2.75) is 69.4 Å². The van der Waals surface area contributed by atoms with E-state index in [1.807, 2.05) is 72.8 Å². The minimum atomic E-state index is -2.30. The second kappa shape index (κ2) is 13.7. The van der Waals surface area contributed by atoms with Crippen molar-refractivity contribution in [2.24, 2.45) is 0 Å². The Bertz CT molecular complexity index is 1080. The molecule has 0 heterocycles. The summed E-state index contributed by atoms with van der Waals surface area (Å²) in [6, 6.07) is 30.7. The number of hydrogen-bond acceptors (Lipinski definition) is 3. The molecule has 0 aromatic heterocycles. The Morgan fingerprint density at radius 2 is 1.30 bits per heavy atom. The lowest BCUT2D eigenvalue weighted by Crippen LogP contribution is -2.61. The Morgan fingerprint density at radius 3 is 1.76 bits per heavy atom. The van der Waals surface area contributed by atoms with Gasteiger partial charge in [-0.2, -0.15) is 0 Å². The van der Waals surface area contributed by atoms with Gasteiger partial charge in [-0.05, 0) is 17.5 Å². The molecule has 0 fully saturated rings. The van der Waals surface area contributed by atoms with Crippen molar-refractivity contribution < 1.29 is 14.6 Å². The predicted octanol–water partition coefficient (Wildman–Crippen LogP) is 7.05. The van der Waals surface area contributed by atoms with Crippen LogP contribution >= 0.6 is 0 Å². The molecular weight excluding hydrogens is 472 g/mol. The lowest BCUT2D eigenvalue weighted by atomic mass is 9.89. The quantitative estimate of drug-likeness (QED) is 0.174. The van der Waals surface area contributed by atoms with Crippen molar-refractivity contribution in [1.29, 1.82) is 0 Å². The summed E-state index contributed by atoms with van der Waals surface area (Å²) in [5.41, 5.74) is 2.11. The number of ether oxygens (including phenoxy) is 2. The molecule has 3 aromatic carbocycles. The van der Waals surface area contributed by atoms with Gasteiger partial charge in [-0.25, -0.2) is 0 Å². The average molecular weight is 515 g/mol. The highest BCUT2D eigenvalue weighted by atomic mass is 28.3. The van der Waals surface area contributed by atoms with E-state index in [2.05, 4.69) is 57.4 Å². The summed E-state index contributed by atoms with van der Waals surface area (Å²) in [4.78, 5) is 0. The van der Waals surface area contributed by atoms with Crippen molar-refractivity contribution in [3.05, 3.63) is 127 Å². The van der Waals surface area contributed by atoms with Gasteiger partial charge in [-0.15, -0.1) is 13.2 Å². The zero-order valence-corrected chi connectivity index (χ0v) is 23.6. The van der Waals surface area contributed by atoms with Crippen molar-refractivity contribution in [2.75, 3.05) is 0 Å². The molecule has 3 aromatic rings. The van der Waals surface area contributed by atoms with Crippen LogP contribution in [0.2, 0.25) is 18.1 Å². The molecule has 0 saturated carbocycles. The number of hydrogen-bond donors (Lipinski definition) is 1. The third kappa shape index (κ3) is 6.77. The molecule has 0 aliphatic rings. The van der Waals surface area contributed by atoms with Crippen LogP contribution in [0.1, 0.15) is 30.9 Å². The molecule has 0 spiro atoms. The third-order valence-corrected chi connectivity index (χ3v) is 12.5. The topological polar surface area (TPSA) is 38.7 Å². The number of benzene rings is 3. The van der Waals surface area contributed by atoms with Gasteiger partial charge in [0.1, 0.15) is 12.2 Å².